The number of aromatic nitrogens is 1. The van der Waals surface area contributed by atoms with E-state index in [0.29, 0.717) is 0 Å². The molecule has 0 saturated carbocycles. The topological polar surface area (TPSA) is 42.8 Å². The normalized spacial score (nSPS) is 27.8. The van der Waals surface area contributed by atoms with Gasteiger partial charge in [-0.2, -0.15) is 0 Å². The Hall–Kier alpha value is -1.79. The predicted molar refractivity (Wildman–Crippen MR) is 112 cm³/mol. The molecule has 4 rings (SSSR count). The van der Waals surface area contributed by atoms with E-state index in [1.165, 1.54) is 0 Å². The van der Waals surface area contributed by atoms with E-state index in [1.54, 1.807) is 0 Å². The van der Waals surface area contributed by atoms with Gasteiger partial charge >= 0.3 is 0 Å². The number of piperidine rings is 1. The Morgan fingerprint density at radius 3 is 2.46 bits per heavy atom. The van der Waals surface area contributed by atoms with Crippen LogP contribution in [0, 0.1) is 6.92 Å². The minimum atomic E-state index is -0.798. The van der Waals surface area contributed by atoms with Crippen LogP contribution >= 0.6 is 0 Å². The first-order chi connectivity index (χ1) is 13.5. The van der Waals surface area contributed by atoms with Crippen molar-refractivity contribution < 1.29 is 5.11 Å². The Morgan fingerprint density at radius 1 is 1.00 bits per heavy atom. The number of nitrogens with zero attached hydrogens (tertiary/aromatic N) is 4. The van der Waals surface area contributed by atoms with Crippen LogP contribution in [-0.2, 0) is 12.1 Å². The van der Waals surface area contributed by atoms with Crippen molar-refractivity contribution in [2.24, 2.45) is 0 Å². The lowest BCUT2D eigenvalue weighted by Crippen LogP contribution is -2.63. The molecule has 150 valence electrons. The van der Waals surface area contributed by atoms with E-state index in [2.05, 4.69) is 51.0 Å². The highest BCUT2D eigenvalue weighted by Gasteiger charge is 2.46. The Morgan fingerprint density at radius 2 is 1.75 bits per heavy atom. The molecule has 5 nitrogen and oxygen atoms in total. The van der Waals surface area contributed by atoms with Crippen LogP contribution in [0.1, 0.15) is 23.4 Å². The van der Waals surface area contributed by atoms with Gasteiger partial charge in [0.05, 0.1) is 11.7 Å². The van der Waals surface area contributed by atoms with Crippen molar-refractivity contribution in [3.63, 3.8) is 0 Å². The van der Waals surface area contributed by atoms with E-state index >= 15 is 0 Å². The average molecular weight is 381 g/mol. The van der Waals surface area contributed by atoms with Crippen molar-refractivity contribution in [2.75, 3.05) is 46.3 Å². The maximum Gasteiger partial charge on any atom is 0.108 e. The molecule has 1 N–H and O–H groups in total. The zero-order valence-corrected chi connectivity index (χ0v) is 17.1. The number of pyridine rings is 1. The summed E-state index contributed by atoms with van der Waals surface area (Å²) < 4.78 is 0. The van der Waals surface area contributed by atoms with Crippen molar-refractivity contribution >= 4 is 0 Å². The Bertz CT molecular complexity index is 775. The zero-order valence-electron chi connectivity index (χ0n) is 17.1. The third kappa shape index (κ3) is 4.13. The number of aryl methyl sites for hydroxylation is 1. The summed E-state index contributed by atoms with van der Waals surface area (Å²) in [7, 11) is 2.18. The van der Waals surface area contributed by atoms with Crippen molar-refractivity contribution in [2.45, 2.75) is 31.5 Å². The molecule has 1 aromatic carbocycles. The molecule has 0 spiro atoms. The van der Waals surface area contributed by atoms with Gasteiger partial charge in [0, 0.05) is 51.5 Å². The van der Waals surface area contributed by atoms with Gasteiger partial charge in [0.1, 0.15) is 5.60 Å². The standard InChI is InChI=1S/C23H32N4O/c1-19-7-6-10-21(24-19)17-26-12-11-23(28,20-8-4-3-5-9-20)22(18-26)27-15-13-25(2)14-16-27/h3-10,22,28H,11-18H2,1-2H3/t22-,23+/m1/s1. The highest BCUT2D eigenvalue weighted by molar-refractivity contribution is 5.26. The average Bonchev–Trinajstić information content (AvgIpc) is 2.71. The van der Waals surface area contributed by atoms with E-state index < -0.39 is 5.60 Å². The molecule has 2 aliphatic heterocycles. The monoisotopic (exact) mass is 380 g/mol. The summed E-state index contributed by atoms with van der Waals surface area (Å²) in [6.07, 6.45) is 0.750. The van der Waals surface area contributed by atoms with Crippen LogP contribution in [0.5, 0.6) is 0 Å². The maximum absolute atomic E-state index is 11.9. The summed E-state index contributed by atoms with van der Waals surface area (Å²) in [6, 6.07) is 16.6. The third-order valence-corrected chi connectivity index (χ3v) is 6.38. The number of hydrogen-bond donors (Lipinski definition) is 1. The van der Waals surface area contributed by atoms with Crippen LogP contribution in [0.2, 0.25) is 0 Å². The molecular weight excluding hydrogens is 348 g/mol. The van der Waals surface area contributed by atoms with Crippen LogP contribution in [-0.4, -0.2) is 77.1 Å². The molecule has 5 heteroatoms. The number of piperazine rings is 1. The van der Waals surface area contributed by atoms with Crippen molar-refractivity contribution in [3.05, 3.63) is 65.5 Å². The predicted octanol–water partition coefficient (Wildman–Crippen LogP) is 2.10. The van der Waals surface area contributed by atoms with Crippen LogP contribution in [0.15, 0.2) is 48.5 Å². The first-order valence-electron chi connectivity index (χ1n) is 10.4. The molecule has 2 aromatic rings. The molecule has 2 atom stereocenters. The number of aliphatic hydroxyl groups is 1. The molecule has 0 radical (unpaired) electrons. The van der Waals surface area contributed by atoms with Gasteiger partial charge in [0.15, 0.2) is 0 Å². The number of benzene rings is 1. The maximum atomic E-state index is 11.9. The molecule has 1 aromatic heterocycles. The number of likely N-dealkylation sites (N-methyl/N-ethyl adjacent to an activating group) is 1. The largest absolute Gasteiger partial charge is 0.383 e. The highest BCUT2D eigenvalue weighted by Crippen LogP contribution is 2.36. The van der Waals surface area contributed by atoms with Crippen LogP contribution in [0.3, 0.4) is 0 Å². The Labute approximate surface area is 168 Å². The van der Waals surface area contributed by atoms with Gasteiger partial charge < -0.3 is 10.0 Å². The van der Waals surface area contributed by atoms with E-state index in [0.717, 1.165) is 69.2 Å². The minimum absolute atomic E-state index is 0.0992. The summed E-state index contributed by atoms with van der Waals surface area (Å²) in [5.74, 6) is 0. The molecule has 0 aliphatic carbocycles. The fraction of sp³-hybridized carbons (Fsp3) is 0.522. The Kier molecular flexibility index (Phi) is 5.78. The van der Waals surface area contributed by atoms with E-state index in [-0.39, 0.29) is 6.04 Å². The summed E-state index contributed by atoms with van der Waals surface area (Å²) in [5.41, 5.74) is 2.42. The molecular formula is C23H32N4O. The zero-order chi connectivity index (χ0) is 19.6. The number of hydrogen-bond acceptors (Lipinski definition) is 5. The summed E-state index contributed by atoms with van der Waals surface area (Å²) in [4.78, 5) is 12.0. The summed E-state index contributed by atoms with van der Waals surface area (Å²) in [5, 5.41) is 11.9. The van der Waals surface area contributed by atoms with Gasteiger partial charge in [-0.3, -0.25) is 14.8 Å². The van der Waals surface area contributed by atoms with Gasteiger partial charge in [-0.05, 0) is 38.1 Å². The second-order valence-electron chi connectivity index (χ2n) is 8.40. The highest BCUT2D eigenvalue weighted by atomic mass is 16.3. The lowest BCUT2D eigenvalue weighted by molar-refractivity contribution is -0.108. The van der Waals surface area contributed by atoms with Crippen molar-refractivity contribution in [1.82, 2.24) is 19.7 Å². The number of likely N-dealkylation sites (tertiary alicyclic amines) is 1. The van der Waals surface area contributed by atoms with Crippen molar-refractivity contribution in [3.8, 4) is 0 Å². The van der Waals surface area contributed by atoms with Crippen LogP contribution in [0.25, 0.3) is 0 Å². The third-order valence-electron chi connectivity index (χ3n) is 6.38. The van der Waals surface area contributed by atoms with Gasteiger partial charge in [0.25, 0.3) is 0 Å². The summed E-state index contributed by atoms with van der Waals surface area (Å²) >= 11 is 0. The summed E-state index contributed by atoms with van der Waals surface area (Å²) in [6.45, 7) is 8.76. The van der Waals surface area contributed by atoms with Crippen LogP contribution in [0.4, 0.5) is 0 Å². The van der Waals surface area contributed by atoms with E-state index in [4.69, 9.17) is 0 Å². The first kappa shape index (κ1) is 19.5. The molecule has 3 heterocycles. The number of rotatable bonds is 4. The second kappa shape index (κ2) is 8.29. The molecule has 2 saturated heterocycles. The first-order valence-corrected chi connectivity index (χ1v) is 10.4. The van der Waals surface area contributed by atoms with Gasteiger partial charge in [-0.1, -0.05) is 36.4 Å². The van der Waals surface area contributed by atoms with E-state index in [1.807, 2.05) is 31.2 Å². The second-order valence-corrected chi connectivity index (χ2v) is 8.40. The fourth-order valence-electron chi connectivity index (χ4n) is 4.66. The smallest absolute Gasteiger partial charge is 0.108 e. The molecule has 0 amide bonds. The SMILES string of the molecule is Cc1cccc(CN2CC[C@](O)(c3ccccc3)[C@H](N3CCN(C)CC3)C2)n1. The minimum Gasteiger partial charge on any atom is -0.383 e. The van der Waals surface area contributed by atoms with Gasteiger partial charge in [-0.25, -0.2) is 0 Å². The van der Waals surface area contributed by atoms with Gasteiger partial charge in [-0.15, -0.1) is 0 Å². The quantitative estimate of drug-likeness (QED) is 0.880. The lowest BCUT2D eigenvalue weighted by atomic mass is 9.79. The molecule has 2 aliphatic rings. The van der Waals surface area contributed by atoms with Gasteiger partial charge in [0.2, 0.25) is 0 Å². The molecule has 0 bridgehead atoms. The van der Waals surface area contributed by atoms with Crippen molar-refractivity contribution in [1.29, 1.82) is 0 Å². The lowest BCUT2D eigenvalue weighted by Gasteiger charge is -2.51. The van der Waals surface area contributed by atoms with E-state index in [9.17, 15) is 5.11 Å². The molecule has 2 fully saturated rings. The fourth-order valence-corrected chi connectivity index (χ4v) is 4.66. The Balaban J connectivity index is 1.57. The molecule has 28 heavy (non-hydrogen) atoms. The van der Waals surface area contributed by atoms with Crippen LogP contribution < -0.4 is 0 Å². The molecule has 0 unspecified atom stereocenters.